The highest BCUT2D eigenvalue weighted by Crippen LogP contribution is 2.42. The lowest BCUT2D eigenvalue weighted by Crippen LogP contribution is -2.52. The molecule has 2 unspecified atom stereocenters. The van der Waals surface area contributed by atoms with Crippen LogP contribution in [0.4, 0.5) is 0 Å². The molecule has 1 aromatic rings. The third-order valence-electron chi connectivity index (χ3n) is 7.19. The summed E-state index contributed by atoms with van der Waals surface area (Å²) in [4.78, 5) is 27.6. The standard InChI is InChI=1S/C22H33N3O3.ClH/c1-13-10-19(14(2)28-13)21(26)24-18-6-8-25(9-7-18)22(27)17-11-15-4-3-5-16(12-17)20(15)23;/h10,15-18,20H,3-9,11-12,23H2,1-2H3,(H,24,26);1H. The number of hydrogen-bond acceptors (Lipinski definition) is 4. The largest absolute Gasteiger partial charge is 0.466 e. The van der Waals surface area contributed by atoms with Crippen LogP contribution in [0.3, 0.4) is 0 Å². The third kappa shape index (κ3) is 4.64. The molecule has 3 fully saturated rings. The van der Waals surface area contributed by atoms with Crippen molar-refractivity contribution in [3.8, 4) is 0 Å². The SMILES string of the molecule is Cc1cc(C(=O)NC2CCN(C(=O)C3CC4CCCC(C3)C4N)CC2)c(C)o1.Cl. The summed E-state index contributed by atoms with van der Waals surface area (Å²) in [6, 6.07) is 2.20. The highest BCUT2D eigenvalue weighted by atomic mass is 35.5. The maximum Gasteiger partial charge on any atom is 0.255 e. The summed E-state index contributed by atoms with van der Waals surface area (Å²) in [6.45, 7) is 5.12. The van der Waals surface area contributed by atoms with Gasteiger partial charge in [0.25, 0.3) is 5.91 Å². The van der Waals surface area contributed by atoms with E-state index in [0.29, 0.717) is 35.1 Å². The summed E-state index contributed by atoms with van der Waals surface area (Å²) < 4.78 is 5.46. The summed E-state index contributed by atoms with van der Waals surface area (Å²) in [6.07, 6.45) is 7.19. The summed E-state index contributed by atoms with van der Waals surface area (Å²) in [7, 11) is 0. The number of likely N-dealkylation sites (tertiary alicyclic amines) is 1. The zero-order chi connectivity index (χ0) is 19.8. The smallest absolute Gasteiger partial charge is 0.255 e. The first-order valence-electron chi connectivity index (χ1n) is 10.8. The van der Waals surface area contributed by atoms with Crippen LogP contribution >= 0.6 is 12.4 Å². The molecular formula is C22H34ClN3O3. The highest BCUT2D eigenvalue weighted by molar-refractivity contribution is 5.95. The van der Waals surface area contributed by atoms with Crippen molar-refractivity contribution in [1.29, 1.82) is 0 Å². The normalized spacial score (nSPS) is 29.8. The van der Waals surface area contributed by atoms with E-state index in [4.69, 9.17) is 10.2 Å². The van der Waals surface area contributed by atoms with E-state index >= 15 is 0 Å². The summed E-state index contributed by atoms with van der Waals surface area (Å²) in [5.41, 5.74) is 6.99. The van der Waals surface area contributed by atoms with E-state index in [9.17, 15) is 9.59 Å². The third-order valence-corrected chi connectivity index (χ3v) is 7.19. The van der Waals surface area contributed by atoms with Gasteiger partial charge in [-0.2, -0.15) is 0 Å². The fraction of sp³-hybridized carbons (Fsp3) is 0.727. The van der Waals surface area contributed by atoms with E-state index in [-0.39, 0.29) is 30.3 Å². The Balaban J connectivity index is 0.00000240. The molecule has 0 aromatic carbocycles. The Labute approximate surface area is 179 Å². The number of rotatable bonds is 3. The van der Waals surface area contributed by atoms with Crippen LogP contribution in [-0.4, -0.2) is 41.9 Å². The first-order chi connectivity index (χ1) is 13.4. The maximum atomic E-state index is 13.1. The molecule has 2 bridgehead atoms. The molecule has 3 aliphatic rings. The monoisotopic (exact) mass is 423 g/mol. The first-order valence-corrected chi connectivity index (χ1v) is 10.8. The molecular weight excluding hydrogens is 390 g/mol. The van der Waals surface area contributed by atoms with Gasteiger partial charge in [0.05, 0.1) is 5.56 Å². The second-order valence-electron chi connectivity index (χ2n) is 9.10. The fourth-order valence-electron chi connectivity index (χ4n) is 5.61. The fourth-order valence-corrected chi connectivity index (χ4v) is 5.61. The van der Waals surface area contributed by atoms with Gasteiger partial charge in [-0.25, -0.2) is 0 Å². The summed E-state index contributed by atoms with van der Waals surface area (Å²) >= 11 is 0. The van der Waals surface area contributed by atoms with Crippen molar-refractivity contribution < 1.29 is 14.0 Å². The van der Waals surface area contributed by atoms with Crippen molar-refractivity contribution in [2.45, 2.75) is 70.9 Å². The number of amides is 2. The van der Waals surface area contributed by atoms with Crippen LogP contribution in [-0.2, 0) is 4.79 Å². The number of fused-ring (bicyclic) bond motifs is 2. The van der Waals surface area contributed by atoms with Gasteiger partial charge < -0.3 is 20.4 Å². The van der Waals surface area contributed by atoms with Crippen molar-refractivity contribution in [3.05, 3.63) is 23.2 Å². The molecule has 6 nitrogen and oxygen atoms in total. The lowest BCUT2D eigenvalue weighted by atomic mass is 9.65. The lowest BCUT2D eigenvalue weighted by Gasteiger charge is -2.45. The van der Waals surface area contributed by atoms with E-state index in [1.54, 1.807) is 6.07 Å². The Kier molecular flexibility index (Phi) is 6.94. The number of nitrogens with zero attached hydrogens (tertiary/aromatic N) is 1. The number of hydrogen-bond donors (Lipinski definition) is 2. The van der Waals surface area contributed by atoms with Crippen molar-refractivity contribution in [2.75, 3.05) is 13.1 Å². The van der Waals surface area contributed by atoms with E-state index in [1.165, 1.54) is 19.3 Å². The average Bonchev–Trinajstić information content (AvgIpc) is 3.00. The molecule has 1 aromatic heterocycles. The molecule has 2 saturated carbocycles. The number of carbonyl (C=O) groups is 2. The van der Waals surface area contributed by atoms with Gasteiger partial charge in [-0.05, 0) is 70.3 Å². The minimum absolute atomic E-state index is 0. The molecule has 4 rings (SSSR count). The lowest BCUT2D eigenvalue weighted by molar-refractivity contribution is -0.139. The second-order valence-corrected chi connectivity index (χ2v) is 9.10. The van der Waals surface area contributed by atoms with Crippen LogP contribution in [0.25, 0.3) is 0 Å². The van der Waals surface area contributed by atoms with Gasteiger partial charge in [0.1, 0.15) is 11.5 Å². The van der Waals surface area contributed by atoms with E-state index in [1.807, 2.05) is 18.7 Å². The summed E-state index contributed by atoms with van der Waals surface area (Å²) in [5, 5.41) is 3.11. The maximum absolute atomic E-state index is 13.1. The van der Waals surface area contributed by atoms with Gasteiger partial charge in [-0.1, -0.05) is 6.42 Å². The predicted molar refractivity (Wildman–Crippen MR) is 114 cm³/mol. The van der Waals surface area contributed by atoms with Crippen molar-refractivity contribution in [3.63, 3.8) is 0 Å². The van der Waals surface area contributed by atoms with E-state index in [2.05, 4.69) is 5.32 Å². The van der Waals surface area contributed by atoms with Crippen LogP contribution in [0.2, 0.25) is 0 Å². The first kappa shape index (κ1) is 22.2. The Bertz CT molecular complexity index is 728. The number of carbonyl (C=O) groups excluding carboxylic acids is 2. The van der Waals surface area contributed by atoms with Crippen molar-refractivity contribution in [1.82, 2.24) is 10.2 Å². The van der Waals surface area contributed by atoms with E-state index in [0.717, 1.165) is 44.5 Å². The van der Waals surface area contributed by atoms with Crippen molar-refractivity contribution >= 4 is 24.2 Å². The van der Waals surface area contributed by atoms with E-state index < -0.39 is 0 Å². The highest BCUT2D eigenvalue weighted by Gasteiger charge is 2.42. The number of halogens is 1. The topological polar surface area (TPSA) is 88.6 Å². The molecule has 2 amide bonds. The van der Waals surface area contributed by atoms with Crippen LogP contribution in [0, 0.1) is 31.6 Å². The molecule has 1 aliphatic heterocycles. The zero-order valence-electron chi connectivity index (χ0n) is 17.5. The van der Waals surface area contributed by atoms with Gasteiger partial charge >= 0.3 is 0 Å². The quantitative estimate of drug-likeness (QED) is 0.781. The Morgan fingerprint density at radius 2 is 1.72 bits per heavy atom. The van der Waals surface area contributed by atoms with Crippen molar-refractivity contribution in [2.24, 2.45) is 23.5 Å². The Hall–Kier alpha value is -1.53. The van der Waals surface area contributed by atoms with Gasteiger partial charge in [0, 0.05) is 31.1 Å². The van der Waals surface area contributed by atoms with Gasteiger partial charge in [-0.3, -0.25) is 9.59 Å². The summed E-state index contributed by atoms with van der Waals surface area (Å²) in [5.74, 6) is 2.85. The number of furan rings is 1. The van der Waals surface area contributed by atoms with Gasteiger partial charge in [0.2, 0.25) is 5.91 Å². The predicted octanol–water partition coefficient (Wildman–Crippen LogP) is 3.19. The number of piperidine rings is 1. The molecule has 7 heteroatoms. The van der Waals surface area contributed by atoms with Crippen LogP contribution in [0.15, 0.2) is 10.5 Å². The number of aryl methyl sites for hydroxylation is 2. The number of nitrogens with one attached hydrogen (secondary N) is 1. The zero-order valence-corrected chi connectivity index (χ0v) is 18.3. The molecule has 162 valence electrons. The molecule has 2 heterocycles. The molecule has 0 radical (unpaired) electrons. The minimum Gasteiger partial charge on any atom is -0.466 e. The molecule has 3 N–H and O–H groups in total. The number of nitrogens with two attached hydrogens (primary N) is 1. The van der Waals surface area contributed by atoms with Gasteiger partial charge in [-0.15, -0.1) is 12.4 Å². The molecule has 2 atom stereocenters. The molecule has 0 spiro atoms. The van der Waals surface area contributed by atoms with Gasteiger partial charge in [0.15, 0.2) is 0 Å². The molecule has 2 aliphatic carbocycles. The molecule has 29 heavy (non-hydrogen) atoms. The van der Waals surface area contributed by atoms with Crippen LogP contribution in [0.1, 0.15) is 66.8 Å². The molecule has 1 saturated heterocycles. The van der Waals surface area contributed by atoms with Crippen LogP contribution in [0.5, 0.6) is 0 Å². The van der Waals surface area contributed by atoms with Crippen LogP contribution < -0.4 is 11.1 Å². The minimum atomic E-state index is -0.0757. The Morgan fingerprint density at radius 3 is 2.28 bits per heavy atom. The second kappa shape index (κ2) is 9.09. The average molecular weight is 424 g/mol. The Morgan fingerprint density at radius 1 is 1.10 bits per heavy atom.